The highest BCUT2D eigenvalue weighted by Gasteiger charge is 2.42. The van der Waals surface area contributed by atoms with Gasteiger partial charge in [-0.05, 0) is 54.0 Å². The number of nitrogens with two attached hydrogens (primary N) is 1. The molecule has 0 aliphatic carbocycles. The third kappa shape index (κ3) is 4.58. The molecule has 1 aromatic heterocycles. The number of hydrogen-bond acceptors (Lipinski definition) is 3. The van der Waals surface area contributed by atoms with Gasteiger partial charge in [0.15, 0.2) is 0 Å². The molecule has 1 fully saturated rings. The molecular formula is C23H29N3O2. The molecule has 0 radical (unpaired) electrons. The number of carbonyl (C=O) groups is 2. The number of rotatable bonds is 6. The lowest BCUT2D eigenvalue weighted by atomic mass is 9.74. The molecule has 0 bridgehead atoms. The van der Waals surface area contributed by atoms with Crippen LogP contribution in [-0.4, -0.2) is 34.8 Å². The second kappa shape index (κ2) is 8.55. The van der Waals surface area contributed by atoms with Crippen LogP contribution in [0.4, 0.5) is 0 Å². The number of amides is 2. The van der Waals surface area contributed by atoms with Gasteiger partial charge in [-0.1, -0.05) is 38.1 Å². The van der Waals surface area contributed by atoms with Crippen LogP contribution in [0.1, 0.15) is 38.7 Å². The van der Waals surface area contributed by atoms with Crippen molar-refractivity contribution in [1.29, 1.82) is 0 Å². The molecule has 2 N–H and O–H groups in total. The van der Waals surface area contributed by atoms with Gasteiger partial charge in [0.25, 0.3) is 0 Å². The van der Waals surface area contributed by atoms with Gasteiger partial charge in [0.1, 0.15) is 0 Å². The minimum absolute atomic E-state index is 0.117. The van der Waals surface area contributed by atoms with Crippen LogP contribution in [0, 0.1) is 11.3 Å². The number of nitrogens with zero attached hydrogens (tertiary/aromatic N) is 2. The highest BCUT2D eigenvalue weighted by molar-refractivity contribution is 5.83. The van der Waals surface area contributed by atoms with Gasteiger partial charge in [0.05, 0.1) is 5.41 Å². The van der Waals surface area contributed by atoms with Gasteiger partial charge in [0.2, 0.25) is 11.8 Å². The summed E-state index contributed by atoms with van der Waals surface area (Å²) in [7, 11) is 0. The van der Waals surface area contributed by atoms with Gasteiger partial charge in [-0.15, -0.1) is 0 Å². The number of pyridine rings is 1. The first kappa shape index (κ1) is 20.1. The molecule has 28 heavy (non-hydrogen) atoms. The summed E-state index contributed by atoms with van der Waals surface area (Å²) in [5.41, 5.74) is 8.40. The van der Waals surface area contributed by atoms with Crippen molar-refractivity contribution in [2.75, 3.05) is 13.1 Å². The fraction of sp³-hybridized carbons (Fsp3) is 0.435. The molecular weight excluding hydrogens is 350 g/mol. The molecule has 1 atom stereocenters. The summed E-state index contributed by atoms with van der Waals surface area (Å²) in [5, 5.41) is 0. The van der Waals surface area contributed by atoms with Crippen molar-refractivity contribution in [3.63, 3.8) is 0 Å². The first-order chi connectivity index (χ1) is 13.4. The molecule has 2 amide bonds. The molecule has 5 heteroatoms. The Balaban J connectivity index is 1.83. The first-order valence-corrected chi connectivity index (χ1v) is 9.97. The lowest BCUT2D eigenvalue weighted by Crippen LogP contribution is -2.53. The van der Waals surface area contributed by atoms with Crippen LogP contribution in [0.2, 0.25) is 0 Å². The normalized spacial score (nSPS) is 19.6. The summed E-state index contributed by atoms with van der Waals surface area (Å²) in [5.74, 6) is 0.101. The monoisotopic (exact) mass is 379 g/mol. The number of likely N-dealkylation sites (tertiary alicyclic amines) is 1. The van der Waals surface area contributed by atoms with Crippen molar-refractivity contribution in [3.05, 3.63) is 54.4 Å². The molecule has 0 spiro atoms. The zero-order chi connectivity index (χ0) is 20.1. The van der Waals surface area contributed by atoms with Crippen molar-refractivity contribution in [3.8, 4) is 11.1 Å². The minimum Gasteiger partial charge on any atom is -0.369 e. The molecule has 0 saturated carbocycles. The smallest absolute Gasteiger partial charge is 0.225 e. The highest BCUT2D eigenvalue weighted by atomic mass is 16.2. The van der Waals surface area contributed by atoms with Crippen molar-refractivity contribution in [2.24, 2.45) is 17.1 Å². The maximum atomic E-state index is 12.6. The van der Waals surface area contributed by atoms with Gasteiger partial charge in [-0.2, -0.15) is 0 Å². The maximum absolute atomic E-state index is 12.6. The number of primary amides is 1. The SMILES string of the molecule is CC(C)CC(=O)N1CCC[C@@](Cc2cccc(-c3ccncc3)c2)(C(N)=O)C1. The Labute approximate surface area is 167 Å². The van der Waals surface area contributed by atoms with Crippen LogP contribution in [0.5, 0.6) is 0 Å². The lowest BCUT2D eigenvalue weighted by molar-refractivity contribution is -0.140. The molecule has 1 aliphatic rings. The zero-order valence-corrected chi connectivity index (χ0v) is 16.7. The Morgan fingerprint density at radius 3 is 2.61 bits per heavy atom. The number of carbonyl (C=O) groups excluding carboxylic acids is 2. The third-order valence-corrected chi connectivity index (χ3v) is 5.52. The second-order valence-corrected chi connectivity index (χ2v) is 8.27. The standard InChI is InChI=1S/C23H29N3O2/c1-17(2)13-21(27)26-12-4-9-23(16-26,22(24)28)15-18-5-3-6-20(14-18)19-7-10-25-11-8-19/h3,5-8,10-11,14,17H,4,9,12-13,15-16H2,1-2H3,(H2,24,28)/t23-/m0/s1. The summed E-state index contributed by atoms with van der Waals surface area (Å²) in [6.45, 7) is 5.19. The predicted molar refractivity (Wildman–Crippen MR) is 110 cm³/mol. The van der Waals surface area contributed by atoms with Crippen LogP contribution >= 0.6 is 0 Å². The van der Waals surface area contributed by atoms with Crippen molar-refractivity contribution < 1.29 is 9.59 Å². The summed E-state index contributed by atoms with van der Waals surface area (Å²) in [6, 6.07) is 12.1. The Bertz CT molecular complexity index is 835. The maximum Gasteiger partial charge on any atom is 0.225 e. The van der Waals surface area contributed by atoms with Crippen molar-refractivity contribution in [1.82, 2.24) is 9.88 Å². The average molecular weight is 380 g/mol. The van der Waals surface area contributed by atoms with Crippen molar-refractivity contribution in [2.45, 2.75) is 39.5 Å². The van der Waals surface area contributed by atoms with E-state index in [2.05, 4.69) is 17.1 Å². The van der Waals surface area contributed by atoms with Crippen LogP contribution in [0.15, 0.2) is 48.8 Å². The number of hydrogen-bond donors (Lipinski definition) is 1. The number of aromatic nitrogens is 1. The van der Waals surface area contributed by atoms with E-state index in [0.717, 1.165) is 23.1 Å². The fourth-order valence-electron chi connectivity index (χ4n) is 4.05. The van der Waals surface area contributed by atoms with E-state index < -0.39 is 5.41 Å². The van der Waals surface area contributed by atoms with Gasteiger partial charge in [-0.25, -0.2) is 0 Å². The van der Waals surface area contributed by atoms with E-state index >= 15 is 0 Å². The van der Waals surface area contributed by atoms with E-state index in [1.807, 2.05) is 43.0 Å². The quantitative estimate of drug-likeness (QED) is 0.835. The van der Waals surface area contributed by atoms with E-state index in [0.29, 0.717) is 38.3 Å². The molecule has 0 unspecified atom stereocenters. The van der Waals surface area contributed by atoms with E-state index in [1.54, 1.807) is 12.4 Å². The molecule has 1 aliphatic heterocycles. The van der Waals surface area contributed by atoms with Gasteiger partial charge in [0, 0.05) is 31.9 Å². The van der Waals surface area contributed by atoms with E-state index in [-0.39, 0.29) is 11.8 Å². The fourth-order valence-corrected chi connectivity index (χ4v) is 4.05. The molecule has 148 valence electrons. The predicted octanol–water partition coefficient (Wildman–Crippen LogP) is 3.43. The summed E-state index contributed by atoms with van der Waals surface area (Å²) in [4.78, 5) is 31.0. The van der Waals surface area contributed by atoms with Crippen LogP contribution in [-0.2, 0) is 16.0 Å². The Hall–Kier alpha value is -2.69. The van der Waals surface area contributed by atoms with Gasteiger partial charge < -0.3 is 10.6 Å². The van der Waals surface area contributed by atoms with Crippen molar-refractivity contribution >= 4 is 11.8 Å². The van der Waals surface area contributed by atoms with E-state index in [4.69, 9.17) is 5.73 Å². The number of benzene rings is 1. The highest BCUT2D eigenvalue weighted by Crippen LogP contribution is 2.35. The Kier molecular flexibility index (Phi) is 6.12. The molecule has 2 heterocycles. The minimum atomic E-state index is -0.707. The van der Waals surface area contributed by atoms with Crippen LogP contribution in [0.3, 0.4) is 0 Å². The summed E-state index contributed by atoms with van der Waals surface area (Å²) >= 11 is 0. The van der Waals surface area contributed by atoms with Crippen LogP contribution < -0.4 is 5.73 Å². The Morgan fingerprint density at radius 2 is 1.93 bits per heavy atom. The van der Waals surface area contributed by atoms with E-state index in [9.17, 15) is 9.59 Å². The topological polar surface area (TPSA) is 76.3 Å². The molecule has 3 rings (SSSR count). The largest absolute Gasteiger partial charge is 0.369 e. The summed E-state index contributed by atoms with van der Waals surface area (Å²) in [6.07, 6.45) is 6.11. The third-order valence-electron chi connectivity index (χ3n) is 5.52. The van der Waals surface area contributed by atoms with Gasteiger partial charge in [-0.3, -0.25) is 14.6 Å². The Morgan fingerprint density at radius 1 is 1.18 bits per heavy atom. The van der Waals surface area contributed by atoms with E-state index in [1.165, 1.54) is 0 Å². The molecule has 5 nitrogen and oxygen atoms in total. The number of piperidine rings is 1. The van der Waals surface area contributed by atoms with Gasteiger partial charge >= 0.3 is 0 Å². The molecule has 1 aromatic carbocycles. The molecule has 2 aromatic rings. The zero-order valence-electron chi connectivity index (χ0n) is 16.7. The molecule has 1 saturated heterocycles. The average Bonchev–Trinajstić information content (AvgIpc) is 2.68. The summed E-state index contributed by atoms with van der Waals surface area (Å²) < 4.78 is 0. The first-order valence-electron chi connectivity index (χ1n) is 9.97. The lowest BCUT2D eigenvalue weighted by Gasteiger charge is -2.41. The van der Waals surface area contributed by atoms with Crippen LogP contribution in [0.25, 0.3) is 11.1 Å². The second-order valence-electron chi connectivity index (χ2n) is 8.27.